The van der Waals surface area contributed by atoms with E-state index < -0.39 is 5.97 Å². The molecule has 2 saturated carbocycles. The predicted octanol–water partition coefficient (Wildman–Crippen LogP) is 4.72. The number of carbonyl (C=O) groups is 2. The SMILES string of the molecule is CC1CC2CC(C)CC(C1)C2OC(=O)N1CCC(COCC(=O)O)(c2ccccc2)CC1. The van der Waals surface area contributed by atoms with Crippen molar-refractivity contribution < 1.29 is 24.2 Å². The van der Waals surface area contributed by atoms with E-state index in [-0.39, 0.29) is 24.2 Å². The summed E-state index contributed by atoms with van der Waals surface area (Å²) in [5.41, 5.74) is 0.864. The maximum Gasteiger partial charge on any atom is 0.410 e. The molecule has 2 bridgehead atoms. The van der Waals surface area contributed by atoms with Crippen molar-refractivity contribution in [2.45, 2.75) is 63.9 Å². The van der Waals surface area contributed by atoms with Gasteiger partial charge in [-0.1, -0.05) is 44.2 Å². The minimum atomic E-state index is -0.962. The molecule has 3 fully saturated rings. The lowest BCUT2D eigenvalue weighted by Gasteiger charge is -2.47. The number of likely N-dealkylation sites (tertiary alicyclic amines) is 1. The molecule has 176 valence electrons. The Hall–Kier alpha value is -2.08. The first kappa shape index (κ1) is 23.1. The van der Waals surface area contributed by atoms with E-state index in [4.69, 9.17) is 14.6 Å². The predicted molar refractivity (Wildman–Crippen MR) is 121 cm³/mol. The molecular weight excluding hydrogens is 406 g/mol. The molecule has 4 rings (SSSR count). The molecule has 1 aliphatic heterocycles. The van der Waals surface area contributed by atoms with Crippen LogP contribution >= 0.6 is 0 Å². The summed E-state index contributed by atoms with van der Waals surface area (Å²) in [6.07, 6.45) is 6.01. The molecule has 0 unspecified atom stereocenters. The number of benzene rings is 1. The number of piperidine rings is 1. The lowest BCUT2D eigenvalue weighted by Crippen LogP contribution is -2.51. The molecule has 0 atom stereocenters. The topological polar surface area (TPSA) is 76.1 Å². The quantitative estimate of drug-likeness (QED) is 0.689. The summed E-state index contributed by atoms with van der Waals surface area (Å²) < 4.78 is 11.7. The van der Waals surface area contributed by atoms with Crippen LogP contribution in [0.2, 0.25) is 0 Å². The van der Waals surface area contributed by atoms with Crippen molar-refractivity contribution in [3.63, 3.8) is 0 Å². The van der Waals surface area contributed by atoms with Gasteiger partial charge in [-0.3, -0.25) is 0 Å². The van der Waals surface area contributed by atoms with E-state index in [1.807, 2.05) is 23.1 Å². The number of carboxylic acid groups (broad SMARTS) is 1. The average molecular weight is 444 g/mol. The first-order valence-corrected chi connectivity index (χ1v) is 12.2. The lowest BCUT2D eigenvalue weighted by molar-refractivity contribution is -0.143. The van der Waals surface area contributed by atoms with Gasteiger partial charge in [0.15, 0.2) is 0 Å². The molecule has 2 aliphatic carbocycles. The van der Waals surface area contributed by atoms with Crippen LogP contribution in [-0.2, 0) is 19.7 Å². The summed E-state index contributed by atoms with van der Waals surface area (Å²) in [4.78, 5) is 25.9. The third-order valence-electron chi connectivity index (χ3n) is 7.96. The second-order valence-corrected chi connectivity index (χ2v) is 10.5. The number of hydrogen-bond acceptors (Lipinski definition) is 4. The summed E-state index contributed by atoms with van der Waals surface area (Å²) in [5.74, 6) is 1.47. The minimum absolute atomic E-state index is 0.0645. The lowest BCUT2D eigenvalue weighted by atomic mass is 9.63. The number of amides is 1. The number of carbonyl (C=O) groups excluding carboxylic acids is 1. The molecule has 1 aromatic carbocycles. The molecule has 6 nitrogen and oxygen atoms in total. The van der Waals surface area contributed by atoms with Crippen molar-refractivity contribution in [1.82, 2.24) is 4.90 Å². The van der Waals surface area contributed by atoms with E-state index >= 15 is 0 Å². The Kier molecular flexibility index (Phi) is 7.08. The highest BCUT2D eigenvalue weighted by Crippen LogP contribution is 2.46. The van der Waals surface area contributed by atoms with Crippen LogP contribution in [0.1, 0.15) is 57.9 Å². The number of carboxylic acids is 1. The third kappa shape index (κ3) is 5.11. The van der Waals surface area contributed by atoms with Gasteiger partial charge in [0.05, 0.1) is 6.61 Å². The van der Waals surface area contributed by atoms with Gasteiger partial charge in [0.1, 0.15) is 12.7 Å². The fourth-order valence-corrected chi connectivity index (χ4v) is 6.52. The average Bonchev–Trinajstić information content (AvgIpc) is 2.75. The maximum atomic E-state index is 13.1. The highest BCUT2D eigenvalue weighted by Gasteiger charge is 2.45. The molecule has 32 heavy (non-hydrogen) atoms. The molecule has 1 saturated heterocycles. The molecule has 1 aromatic rings. The van der Waals surface area contributed by atoms with Crippen molar-refractivity contribution in [3.05, 3.63) is 35.9 Å². The Morgan fingerprint density at radius 3 is 2.09 bits per heavy atom. The van der Waals surface area contributed by atoms with Gasteiger partial charge >= 0.3 is 12.1 Å². The number of aliphatic carboxylic acids is 1. The van der Waals surface area contributed by atoms with E-state index in [0.717, 1.165) is 55.9 Å². The van der Waals surface area contributed by atoms with E-state index in [9.17, 15) is 9.59 Å². The van der Waals surface area contributed by atoms with Crippen LogP contribution in [0.4, 0.5) is 4.79 Å². The van der Waals surface area contributed by atoms with Crippen molar-refractivity contribution >= 4 is 12.1 Å². The van der Waals surface area contributed by atoms with Crippen molar-refractivity contribution in [1.29, 1.82) is 0 Å². The van der Waals surface area contributed by atoms with Crippen LogP contribution < -0.4 is 0 Å². The monoisotopic (exact) mass is 443 g/mol. The number of nitrogens with zero attached hydrogens (tertiary/aromatic N) is 1. The standard InChI is InChI=1S/C26H37NO5/c1-18-12-20-14-19(2)15-21(13-18)24(20)32-25(30)27-10-8-26(9-11-27,17-31-16-23(28)29)22-6-4-3-5-7-22/h3-7,18-21,24H,8-17H2,1-2H3,(H,28,29). The highest BCUT2D eigenvalue weighted by atomic mass is 16.6. The van der Waals surface area contributed by atoms with Crippen LogP contribution in [0.15, 0.2) is 30.3 Å². The Balaban J connectivity index is 1.39. The van der Waals surface area contributed by atoms with Crippen molar-refractivity contribution in [2.75, 3.05) is 26.3 Å². The summed E-state index contributed by atoms with van der Waals surface area (Å²) in [6, 6.07) is 10.1. The number of ether oxygens (including phenoxy) is 2. The first-order valence-electron chi connectivity index (χ1n) is 12.2. The van der Waals surface area contributed by atoms with Gasteiger partial charge in [0.2, 0.25) is 0 Å². The Morgan fingerprint density at radius 1 is 1.00 bits per heavy atom. The first-order chi connectivity index (χ1) is 15.4. The molecule has 1 amide bonds. The van der Waals surface area contributed by atoms with Crippen LogP contribution in [-0.4, -0.2) is 54.5 Å². The summed E-state index contributed by atoms with van der Waals surface area (Å²) in [7, 11) is 0. The van der Waals surface area contributed by atoms with Crippen molar-refractivity contribution in [2.24, 2.45) is 23.7 Å². The van der Waals surface area contributed by atoms with Crippen LogP contribution in [0.25, 0.3) is 0 Å². The summed E-state index contributed by atoms with van der Waals surface area (Å²) >= 11 is 0. The Bertz CT molecular complexity index is 759. The molecule has 1 heterocycles. The normalized spacial score (nSPS) is 31.7. The molecule has 0 aromatic heterocycles. The van der Waals surface area contributed by atoms with Crippen LogP contribution in [0.5, 0.6) is 0 Å². The van der Waals surface area contributed by atoms with E-state index in [2.05, 4.69) is 26.0 Å². The van der Waals surface area contributed by atoms with Crippen molar-refractivity contribution in [3.8, 4) is 0 Å². The fraction of sp³-hybridized carbons (Fsp3) is 0.692. The highest BCUT2D eigenvalue weighted by molar-refractivity contribution is 5.68. The zero-order valence-corrected chi connectivity index (χ0v) is 19.4. The molecular formula is C26H37NO5. The molecule has 0 radical (unpaired) electrons. The van der Waals surface area contributed by atoms with Gasteiger partial charge in [-0.05, 0) is 67.8 Å². The van der Waals surface area contributed by atoms with Crippen LogP contribution in [0, 0.1) is 23.7 Å². The van der Waals surface area contributed by atoms with Gasteiger partial charge in [0.25, 0.3) is 0 Å². The number of rotatable bonds is 6. The largest absolute Gasteiger partial charge is 0.480 e. The van der Waals surface area contributed by atoms with E-state index in [1.54, 1.807) is 0 Å². The third-order valence-corrected chi connectivity index (χ3v) is 7.96. The summed E-state index contributed by atoms with van der Waals surface area (Å²) in [6.45, 7) is 5.89. The van der Waals surface area contributed by atoms with Crippen LogP contribution in [0.3, 0.4) is 0 Å². The molecule has 6 heteroatoms. The number of fused-ring (bicyclic) bond motifs is 2. The van der Waals surface area contributed by atoms with Gasteiger partial charge in [0, 0.05) is 18.5 Å². The second kappa shape index (κ2) is 9.82. The zero-order valence-electron chi connectivity index (χ0n) is 19.4. The second-order valence-electron chi connectivity index (χ2n) is 10.5. The molecule has 1 N–H and O–H groups in total. The molecule has 0 spiro atoms. The Labute approximate surface area is 191 Å². The number of hydrogen-bond donors (Lipinski definition) is 1. The van der Waals surface area contributed by atoms with E-state index in [0.29, 0.717) is 31.5 Å². The zero-order chi connectivity index (χ0) is 22.7. The maximum absolute atomic E-state index is 13.1. The van der Waals surface area contributed by atoms with E-state index in [1.165, 1.54) is 0 Å². The van der Waals surface area contributed by atoms with Gasteiger partial charge < -0.3 is 19.5 Å². The minimum Gasteiger partial charge on any atom is -0.480 e. The molecule has 3 aliphatic rings. The fourth-order valence-electron chi connectivity index (χ4n) is 6.52. The summed E-state index contributed by atoms with van der Waals surface area (Å²) in [5, 5.41) is 8.97. The smallest absolute Gasteiger partial charge is 0.410 e. The van der Waals surface area contributed by atoms with Gasteiger partial charge in [-0.25, -0.2) is 9.59 Å². The van der Waals surface area contributed by atoms with Gasteiger partial charge in [-0.2, -0.15) is 0 Å². The Morgan fingerprint density at radius 2 is 1.56 bits per heavy atom. The van der Waals surface area contributed by atoms with Gasteiger partial charge in [-0.15, -0.1) is 0 Å².